The van der Waals surface area contributed by atoms with Crippen LogP contribution in [0.4, 0.5) is 11.4 Å². The summed E-state index contributed by atoms with van der Waals surface area (Å²) >= 11 is 0. The highest BCUT2D eigenvalue weighted by molar-refractivity contribution is 6.39. The number of ether oxygens (including phenoxy) is 1. The predicted molar refractivity (Wildman–Crippen MR) is 89.8 cm³/mol. The van der Waals surface area contributed by atoms with Crippen molar-refractivity contribution >= 4 is 29.6 Å². The fourth-order valence-electron chi connectivity index (χ4n) is 2.37. The zero-order chi connectivity index (χ0) is 17.2. The Kier molecular flexibility index (Phi) is 7.03. The summed E-state index contributed by atoms with van der Waals surface area (Å²) in [5, 5.41) is 7.66. The van der Waals surface area contributed by atoms with Crippen molar-refractivity contribution in [1.82, 2.24) is 10.6 Å². The Bertz CT molecular complexity index is 573. The van der Waals surface area contributed by atoms with Crippen LogP contribution in [-0.2, 0) is 19.1 Å². The van der Waals surface area contributed by atoms with E-state index < -0.39 is 11.8 Å². The number of benzene rings is 1. The second kappa shape index (κ2) is 9.51. The van der Waals surface area contributed by atoms with Gasteiger partial charge in [0.25, 0.3) is 0 Å². The van der Waals surface area contributed by atoms with Gasteiger partial charge in [-0.25, -0.2) is 0 Å². The lowest BCUT2D eigenvalue weighted by molar-refractivity contribution is -0.136. The molecule has 1 saturated heterocycles. The van der Waals surface area contributed by atoms with Gasteiger partial charge in [-0.1, -0.05) is 12.1 Å². The number of morpholine rings is 1. The van der Waals surface area contributed by atoms with Crippen LogP contribution in [0.15, 0.2) is 24.3 Å². The topological polar surface area (TPSA) is 99.8 Å². The molecule has 1 aliphatic heterocycles. The summed E-state index contributed by atoms with van der Waals surface area (Å²) < 4.78 is 5.33. The van der Waals surface area contributed by atoms with Gasteiger partial charge in [0.15, 0.2) is 0 Å². The van der Waals surface area contributed by atoms with Gasteiger partial charge in [0.2, 0.25) is 6.41 Å². The SMILES string of the molecule is O=CNCCCNC(=O)C(=O)Nc1ccccc1N1CCOCC1. The third kappa shape index (κ3) is 5.24. The van der Waals surface area contributed by atoms with Crippen LogP contribution in [0, 0.1) is 0 Å². The number of anilines is 2. The molecule has 0 radical (unpaired) electrons. The monoisotopic (exact) mass is 334 g/mol. The molecular formula is C16H22N4O4. The molecule has 1 aromatic carbocycles. The Morgan fingerprint density at radius 1 is 1.12 bits per heavy atom. The van der Waals surface area contributed by atoms with E-state index in [1.54, 1.807) is 6.07 Å². The summed E-state index contributed by atoms with van der Waals surface area (Å²) in [5.74, 6) is -1.41. The lowest BCUT2D eigenvalue weighted by Gasteiger charge is -2.30. The molecule has 8 nitrogen and oxygen atoms in total. The van der Waals surface area contributed by atoms with Crippen molar-refractivity contribution in [2.24, 2.45) is 0 Å². The smallest absolute Gasteiger partial charge is 0.313 e. The standard InChI is InChI=1S/C16H22N4O4/c21-12-17-6-3-7-18-15(22)16(23)19-13-4-1-2-5-14(13)20-8-10-24-11-9-20/h1-2,4-5,12H,3,6-11H2,(H,17,21)(H,18,22)(H,19,23). The maximum atomic E-state index is 12.0. The normalized spacial score (nSPS) is 13.9. The summed E-state index contributed by atoms with van der Waals surface area (Å²) in [6, 6.07) is 7.37. The average Bonchev–Trinajstić information content (AvgIpc) is 2.62. The summed E-state index contributed by atoms with van der Waals surface area (Å²) in [5.41, 5.74) is 1.47. The molecule has 0 unspecified atom stereocenters. The first-order valence-electron chi connectivity index (χ1n) is 7.90. The van der Waals surface area contributed by atoms with E-state index in [1.807, 2.05) is 18.2 Å². The van der Waals surface area contributed by atoms with Gasteiger partial charge in [-0.05, 0) is 18.6 Å². The Balaban J connectivity index is 1.89. The van der Waals surface area contributed by atoms with E-state index in [0.29, 0.717) is 44.8 Å². The molecule has 1 fully saturated rings. The Morgan fingerprint density at radius 3 is 2.62 bits per heavy atom. The minimum atomic E-state index is -0.709. The fraction of sp³-hybridized carbons (Fsp3) is 0.438. The zero-order valence-corrected chi connectivity index (χ0v) is 13.4. The van der Waals surface area contributed by atoms with E-state index in [4.69, 9.17) is 4.74 Å². The number of rotatable bonds is 7. The van der Waals surface area contributed by atoms with Crippen molar-refractivity contribution in [2.75, 3.05) is 49.6 Å². The second-order valence-corrected chi connectivity index (χ2v) is 5.25. The molecule has 1 aromatic rings. The Labute approximate surface area is 140 Å². The minimum absolute atomic E-state index is 0.318. The number of carbonyl (C=O) groups excluding carboxylic acids is 3. The number of hydrogen-bond donors (Lipinski definition) is 3. The van der Waals surface area contributed by atoms with Crippen LogP contribution in [0.3, 0.4) is 0 Å². The van der Waals surface area contributed by atoms with E-state index in [9.17, 15) is 14.4 Å². The van der Waals surface area contributed by atoms with Crippen LogP contribution in [0.2, 0.25) is 0 Å². The maximum absolute atomic E-state index is 12.0. The summed E-state index contributed by atoms with van der Waals surface area (Å²) in [7, 11) is 0. The molecule has 1 heterocycles. The van der Waals surface area contributed by atoms with Crippen LogP contribution >= 0.6 is 0 Å². The maximum Gasteiger partial charge on any atom is 0.313 e. The van der Waals surface area contributed by atoms with Gasteiger partial charge >= 0.3 is 11.8 Å². The molecule has 2 rings (SSSR count). The molecule has 0 saturated carbocycles. The second-order valence-electron chi connectivity index (χ2n) is 5.25. The van der Waals surface area contributed by atoms with Crippen LogP contribution in [-0.4, -0.2) is 57.6 Å². The average molecular weight is 334 g/mol. The van der Waals surface area contributed by atoms with Crippen molar-refractivity contribution in [3.63, 3.8) is 0 Å². The first kappa shape index (κ1) is 17.7. The number of para-hydroxylation sites is 2. The van der Waals surface area contributed by atoms with Gasteiger partial charge in [0, 0.05) is 26.2 Å². The molecule has 1 aliphatic rings. The highest BCUT2D eigenvalue weighted by atomic mass is 16.5. The minimum Gasteiger partial charge on any atom is -0.378 e. The number of amides is 3. The van der Waals surface area contributed by atoms with E-state index in [-0.39, 0.29) is 0 Å². The quantitative estimate of drug-likeness (QED) is 0.362. The first-order chi connectivity index (χ1) is 11.7. The van der Waals surface area contributed by atoms with Gasteiger partial charge in [0.1, 0.15) is 0 Å². The Morgan fingerprint density at radius 2 is 1.88 bits per heavy atom. The molecule has 0 aromatic heterocycles. The van der Waals surface area contributed by atoms with Gasteiger partial charge in [0.05, 0.1) is 24.6 Å². The number of hydrogen-bond acceptors (Lipinski definition) is 5. The molecule has 8 heteroatoms. The third-order valence-electron chi connectivity index (χ3n) is 3.58. The van der Waals surface area contributed by atoms with Gasteiger partial charge in [-0.3, -0.25) is 14.4 Å². The van der Waals surface area contributed by atoms with E-state index in [0.717, 1.165) is 18.8 Å². The van der Waals surface area contributed by atoms with E-state index >= 15 is 0 Å². The lowest BCUT2D eigenvalue weighted by Crippen LogP contribution is -2.38. The molecule has 0 spiro atoms. The highest BCUT2D eigenvalue weighted by Crippen LogP contribution is 2.26. The van der Waals surface area contributed by atoms with Crippen molar-refractivity contribution in [2.45, 2.75) is 6.42 Å². The van der Waals surface area contributed by atoms with Gasteiger partial charge in [-0.15, -0.1) is 0 Å². The lowest BCUT2D eigenvalue weighted by atomic mass is 10.2. The fourth-order valence-corrected chi connectivity index (χ4v) is 2.37. The van der Waals surface area contributed by atoms with Crippen LogP contribution in [0.25, 0.3) is 0 Å². The number of nitrogens with zero attached hydrogens (tertiary/aromatic N) is 1. The summed E-state index contributed by atoms with van der Waals surface area (Å²) in [6.45, 7) is 3.52. The number of nitrogens with one attached hydrogen (secondary N) is 3. The van der Waals surface area contributed by atoms with Crippen molar-refractivity contribution < 1.29 is 19.1 Å². The molecule has 130 valence electrons. The predicted octanol–water partition coefficient (Wildman–Crippen LogP) is -0.286. The van der Waals surface area contributed by atoms with Crippen LogP contribution in [0.1, 0.15) is 6.42 Å². The molecule has 0 aliphatic carbocycles. The van der Waals surface area contributed by atoms with E-state index in [2.05, 4.69) is 20.9 Å². The van der Waals surface area contributed by atoms with Crippen molar-refractivity contribution in [1.29, 1.82) is 0 Å². The van der Waals surface area contributed by atoms with Crippen molar-refractivity contribution in [3.8, 4) is 0 Å². The summed E-state index contributed by atoms with van der Waals surface area (Å²) in [6.07, 6.45) is 1.15. The molecular weight excluding hydrogens is 312 g/mol. The third-order valence-corrected chi connectivity index (χ3v) is 3.58. The molecule has 3 N–H and O–H groups in total. The largest absolute Gasteiger partial charge is 0.378 e. The molecule has 24 heavy (non-hydrogen) atoms. The zero-order valence-electron chi connectivity index (χ0n) is 13.4. The Hall–Kier alpha value is -2.61. The number of carbonyl (C=O) groups is 3. The molecule has 0 bridgehead atoms. The van der Waals surface area contributed by atoms with Gasteiger partial charge in [-0.2, -0.15) is 0 Å². The first-order valence-corrected chi connectivity index (χ1v) is 7.90. The highest BCUT2D eigenvalue weighted by Gasteiger charge is 2.18. The molecule has 3 amide bonds. The summed E-state index contributed by atoms with van der Waals surface area (Å²) in [4.78, 5) is 36.1. The van der Waals surface area contributed by atoms with Gasteiger partial charge < -0.3 is 25.6 Å². The van der Waals surface area contributed by atoms with Crippen LogP contribution < -0.4 is 20.9 Å². The van der Waals surface area contributed by atoms with Crippen LogP contribution in [0.5, 0.6) is 0 Å². The molecule has 0 atom stereocenters. The van der Waals surface area contributed by atoms with Crippen molar-refractivity contribution in [3.05, 3.63) is 24.3 Å². The van der Waals surface area contributed by atoms with E-state index in [1.165, 1.54) is 0 Å².